The third-order valence-electron chi connectivity index (χ3n) is 3.15. The van der Waals surface area contributed by atoms with Crippen molar-refractivity contribution in [1.82, 2.24) is 0 Å². The second-order valence-electron chi connectivity index (χ2n) is 4.95. The maximum Gasteiger partial charge on any atom is 1.00 e. The van der Waals surface area contributed by atoms with Gasteiger partial charge in [-0.25, -0.2) is 8.42 Å². The number of hydrogen-bond acceptors (Lipinski definition) is 5. The van der Waals surface area contributed by atoms with Crippen LogP contribution in [-0.4, -0.2) is 28.9 Å². The number of aromatic hydroxyl groups is 2. The summed E-state index contributed by atoms with van der Waals surface area (Å²) in [5.74, 6) is 0.0736. The van der Waals surface area contributed by atoms with Gasteiger partial charge in [-0.05, 0) is 43.0 Å². The molecule has 0 unspecified atom stereocenters. The molecule has 0 atom stereocenters. The molecule has 114 valence electrons. The third-order valence-corrected chi connectivity index (χ3v) is 3.94. The van der Waals surface area contributed by atoms with Gasteiger partial charge in [0.05, 0.1) is 10.1 Å². The maximum atomic E-state index is 10.4. The zero-order valence-electron chi connectivity index (χ0n) is 12.4. The van der Waals surface area contributed by atoms with E-state index >= 15 is 0 Å². The van der Waals surface area contributed by atoms with Crippen molar-refractivity contribution < 1.29 is 52.7 Å². The van der Waals surface area contributed by atoms with E-state index in [1.807, 2.05) is 0 Å². The first-order valence-corrected chi connectivity index (χ1v) is 8.40. The molecule has 0 heterocycles. The average molecular weight is 324 g/mol. The number of phenolic OH excluding ortho intramolecular Hbond substituents is 2. The van der Waals surface area contributed by atoms with E-state index in [4.69, 9.17) is 0 Å². The molecule has 0 bridgehead atoms. The SMILES string of the molecule is O=S(=O)([O-])CCCCCCCCc1cc(O)ccc1O.[Na+]. The van der Waals surface area contributed by atoms with E-state index in [0.717, 1.165) is 37.7 Å². The fourth-order valence-corrected chi connectivity index (χ4v) is 2.63. The fraction of sp³-hybridized carbons (Fsp3) is 0.571. The van der Waals surface area contributed by atoms with Crippen molar-refractivity contribution in [1.29, 1.82) is 0 Å². The summed E-state index contributed by atoms with van der Waals surface area (Å²) in [6.45, 7) is 0. The quantitative estimate of drug-likeness (QED) is 0.277. The van der Waals surface area contributed by atoms with Crippen molar-refractivity contribution in [2.75, 3.05) is 5.75 Å². The number of rotatable bonds is 9. The Morgan fingerprint density at radius 2 is 1.52 bits per heavy atom. The fourth-order valence-electron chi connectivity index (χ4n) is 2.07. The van der Waals surface area contributed by atoms with Gasteiger partial charge in [-0.1, -0.05) is 25.7 Å². The molecule has 0 aliphatic rings. The van der Waals surface area contributed by atoms with Gasteiger partial charge in [-0.3, -0.25) is 0 Å². The van der Waals surface area contributed by atoms with Crippen LogP contribution in [0.15, 0.2) is 18.2 Å². The van der Waals surface area contributed by atoms with Gasteiger partial charge in [0, 0.05) is 5.75 Å². The molecule has 7 heteroatoms. The van der Waals surface area contributed by atoms with Crippen LogP contribution in [0.4, 0.5) is 0 Å². The van der Waals surface area contributed by atoms with Crippen LogP contribution in [0, 0.1) is 0 Å². The third kappa shape index (κ3) is 10.1. The second kappa shape index (κ2) is 10.5. The largest absolute Gasteiger partial charge is 1.00 e. The minimum absolute atomic E-state index is 0. The molecule has 0 saturated heterocycles. The molecule has 0 aliphatic heterocycles. The van der Waals surface area contributed by atoms with Crippen LogP contribution in [-0.2, 0) is 16.5 Å². The Morgan fingerprint density at radius 3 is 2.14 bits per heavy atom. The molecule has 1 aromatic carbocycles. The van der Waals surface area contributed by atoms with Crippen molar-refractivity contribution in [3.8, 4) is 11.5 Å². The Morgan fingerprint density at radius 1 is 0.952 bits per heavy atom. The molecule has 0 saturated carbocycles. The Labute approximate surface area is 148 Å². The van der Waals surface area contributed by atoms with Crippen LogP contribution < -0.4 is 29.6 Å². The molecule has 2 N–H and O–H groups in total. The molecular weight excluding hydrogens is 303 g/mol. The van der Waals surface area contributed by atoms with E-state index in [9.17, 15) is 23.2 Å². The number of aryl methyl sites for hydroxylation is 1. The van der Waals surface area contributed by atoms with Gasteiger partial charge in [-0.2, -0.15) is 0 Å². The van der Waals surface area contributed by atoms with Gasteiger partial charge < -0.3 is 14.8 Å². The molecule has 0 aliphatic carbocycles. The normalized spacial score (nSPS) is 11.1. The van der Waals surface area contributed by atoms with Crippen molar-refractivity contribution in [2.24, 2.45) is 0 Å². The molecule has 1 rings (SSSR count). The van der Waals surface area contributed by atoms with Crippen molar-refractivity contribution >= 4 is 10.1 Å². The van der Waals surface area contributed by atoms with Crippen LogP contribution in [0.25, 0.3) is 0 Å². The van der Waals surface area contributed by atoms with E-state index in [1.54, 1.807) is 6.07 Å². The summed E-state index contributed by atoms with van der Waals surface area (Å²) >= 11 is 0. The first-order chi connectivity index (χ1) is 9.38. The monoisotopic (exact) mass is 324 g/mol. The molecule has 5 nitrogen and oxygen atoms in total. The minimum Gasteiger partial charge on any atom is -0.748 e. The standard InChI is InChI=1S/C14H22O5S.Na/c15-13-8-9-14(16)12(11-13)7-5-3-1-2-4-6-10-20(17,18)19;/h8-9,11,15-16H,1-7,10H2,(H,17,18,19);/q;+1/p-1. The summed E-state index contributed by atoms with van der Waals surface area (Å²) in [5.41, 5.74) is 0.738. The summed E-state index contributed by atoms with van der Waals surface area (Å²) in [6.07, 6.45) is 5.63. The molecule has 0 fully saturated rings. The molecule has 0 spiro atoms. The van der Waals surface area contributed by atoms with E-state index in [2.05, 4.69) is 0 Å². The van der Waals surface area contributed by atoms with Gasteiger partial charge in [0.1, 0.15) is 11.5 Å². The van der Waals surface area contributed by atoms with Crippen LogP contribution in [0.2, 0.25) is 0 Å². The van der Waals surface area contributed by atoms with Crippen LogP contribution in [0.5, 0.6) is 11.5 Å². The summed E-state index contributed by atoms with van der Waals surface area (Å²) in [7, 11) is -4.07. The Kier molecular flexibility index (Phi) is 10.3. The topological polar surface area (TPSA) is 97.7 Å². The Hall–Kier alpha value is -0.270. The van der Waals surface area contributed by atoms with Crippen molar-refractivity contribution in [2.45, 2.75) is 44.9 Å². The molecule has 21 heavy (non-hydrogen) atoms. The number of benzene rings is 1. The van der Waals surface area contributed by atoms with Crippen LogP contribution in [0.3, 0.4) is 0 Å². The van der Waals surface area contributed by atoms with E-state index in [1.165, 1.54) is 12.1 Å². The van der Waals surface area contributed by atoms with Gasteiger partial charge in [0.15, 0.2) is 0 Å². The molecule has 0 amide bonds. The summed E-state index contributed by atoms with van der Waals surface area (Å²) < 4.78 is 31.1. The van der Waals surface area contributed by atoms with Crippen molar-refractivity contribution in [3.63, 3.8) is 0 Å². The Bertz CT molecular complexity index is 516. The van der Waals surface area contributed by atoms with E-state index in [0.29, 0.717) is 12.8 Å². The molecule has 0 radical (unpaired) electrons. The predicted octanol–water partition coefficient (Wildman–Crippen LogP) is -0.470. The summed E-state index contributed by atoms with van der Waals surface area (Å²) in [5, 5.41) is 18.9. The minimum atomic E-state index is -4.07. The average Bonchev–Trinajstić information content (AvgIpc) is 2.35. The van der Waals surface area contributed by atoms with Crippen LogP contribution in [0.1, 0.15) is 44.1 Å². The Balaban J connectivity index is 0.00000400. The second-order valence-corrected chi connectivity index (χ2v) is 6.47. The van der Waals surface area contributed by atoms with Crippen LogP contribution >= 0.6 is 0 Å². The van der Waals surface area contributed by atoms with Gasteiger partial charge >= 0.3 is 29.6 Å². The predicted molar refractivity (Wildman–Crippen MR) is 75.7 cm³/mol. The molecule has 1 aromatic rings. The number of unbranched alkanes of at least 4 members (excludes halogenated alkanes) is 5. The van der Waals surface area contributed by atoms with Gasteiger partial charge in [-0.15, -0.1) is 0 Å². The van der Waals surface area contributed by atoms with E-state index < -0.39 is 10.1 Å². The van der Waals surface area contributed by atoms with Gasteiger partial charge in [0.2, 0.25) is 0 Å². The van der Waals surface area contributed by atoms with Crippen molar-refractivity contribution in [3.05, 3.63) is 23.8 Å². The zero-order valence-corrected chi connectivity index (χ0v) is 15.2. The van der Waals surface area contributed by atoms with Gasteiger partial charge in [0.25, 0.3) is 0 Å². The first kappa shape index (κ1) is 20.7. The number of hydrogen-bond donors (Lipinski definition) is 2. The number of phenols is 2. The molecule has 0 aromatic heterocycles. The smallest absolute Gasteiger partial charge is 0.748 e. The first-order valence-electron chi connectivity index (χ1n) is 6.83. The maximum absolute atomic E-state index is 10.4. The summed E-state index contributed by atoms with van der Waals surface area (Å²) in [4.78, 5) is 0. The zero-order chi connectivity index (χ0) is 15.0. The van der Waals surface area contributed by atoms with E-state index in [-0.39, 0.29) is 46.8 Å². The molecular formula is C14H21NaO5S. The summed E-state index contributed by atoms with van der Waals surface area (Å²) in [6, 6.07) is 4.49.